The van der Waals surface area contributed by atoms with Crippen molar-refractivity contribution in [1.82, 2.24) is 5.32 Å². The van der Waals surface area contributed by atoms with Gasteiger partial charge in [0.25, 0.3) is 0 Å². The zero-order valence-electron chi connectivity index (χ0n) is 9.04. The summed E-state index contributed by atoms with van der Waals surface area (Å²) < 4.78 is 0. The predicted octanol–water partition coefficient (Wildman–Crippen LogP) is 2.89. The number of halogens is 1. The van der Waals surface area contributed by atoms with E-state index in [2.05, 4.69) is 12.2 Å². The molecule has 1 atom stereocenters. The van der Waals surface area contributed by atoms with Crippen LogP contribution in [-0.4, -0.2) is 17.0 Å². The lowest BCUT2D eigenvalue weighted by Gasteiger charge is -2.08. The first-order valence-corrected chi connectivity index (χ1v) is 5.78. The number of nitrogens with one attached hydrogen (secondary N) is 1. The molecule has 0 saturated heterocycles. The van der Waals surface area contributed by atoms with Crippen LogP contribution in [0.3, 0.4) is 0 Å². The fourth-order valence-electron chi connectivity index (χ4n) is 1.36. The molecule has 0 aliphatic carbocycles. The summed E-state index contributed by atoms with van der Waals surface area (Å²) in [6, 6.07) is 7.29. The maximum Gasteiger partial charge on any atom is 0.115 e. The van der Waals surface area contributed by atoms with Crippen molar-refractivity contribution in [3.63, 3.8) is 0 Å². The number of hydrogen-bond donors (Lipinski definition) is 2. The highest BCUT2D eigenvalue weighted by Crippen LogP contribution is 2.10. The van der Waals surface area contributed by atoms with Crippen LogP contribution in [0.5, 0.6) is 5.75 Å². The van der Waals surface area contributed by atoms with Gasteiger partial charge in [-0.05, 0) is 37.1 Å². The average molecular weight is 228 g/mol. The molecule has 2 nitrogen and oxygen atoms in total. The summed E-state index contributed by atoms with van der Waals surface area (Å²) in [6.45, 7) is 3.78. The van der Waals surface area contributed by atoms with Crippen LogP contribution in [0.15, 0.2) is 24.3 Å². The highest BCUT2D eigenvalue weighted by atomic mass is 35.5. The summed E-state index contributed by atoms with van der Waals surface area (Å²) >= 11 is 5.99. The Morgan fingerprint density at radius 3 is 2.93 bits per heavy atom. The molecule has 0 spiro atoms. The van der Waals surface area contributed by atoms with Crippen LogP contribution in [0.4, 0.5) is 0 Å². The van der Waals surface area contributed by atoms with E-state index in [0.717, 1.165) is 31.5 Å². The predicted molar refractivity (Wildman–Crippen MR) is 64.4 cm³/mol. The molecule has 1 unspecified atom stereocenters. The smallest absolute Gasteiger partial charge is 0.115 e. The molecule has 1 rings (SSSR count). The molecule has 0 bridgehead atoms. The summed E-state index contributed by atoms with van der Waals surface area (Å²) in [7, 11) is 0. The number of benzene rings is 1. The number of hydrogen-bond acceptors (Lipinski definition) is 2. The molecule has 0 fully saturated rings. The Hall–Kier alpha value is -0.730. The fourth-order valence-corrected chi connectivity index (χ4v) is 1.47. The molecular weight excluding hydrogens is 210 g/mol. The summed E-state index contributed by atoms with van der Waals surface area (Å²) in [5.74, 6) is 0.318. The van der Waals surface area contributed by atoms with Crippen LogP contribution in [-0.2, 0) is 6.54 Å². The number of rotatable bonds is 6. The van der Waals surface area contributed by atoms with Crippen LogP contribution in [0.2, 0.25) is 0 Å². The van der Waals surface area contributed by atoms with Crippen molar-refractivity contribution in [2.24, 2.45) is 0 Å². The van der Waals surface area contributed by atoms with Crippen molar-refractivity contribution >= 4 is 11.6 Å². The summed E-state index contributed by atoms with van der Waals surface area (Å²) in [5.41, 5.74) is 1.10. The molecule has 0 heterocycles. The van der Waals surface area contributed by atoms with Gasteiger partial charge in [0.15, 0.2) is 0 Å². The van der Waals surface area contributed by atoms with Gasteiger partial charge in [0.05, 0.1) is 0 Å². The van der Waals surface area contributed by atoms with Gasteiger partial charge >= 0.3 is 0 Å². The third-order valence-electron chi connectivity index (χ3n) is 2.32. The van der Waals surface area contributed by atoms with Crippen LogP contribution in [0, 0.1) is 0 Å². The minimum absolute atomic E-state index is 0.265. The third-order valence-corrected chi connectivity index (χ3v) is 2.84. The van der Waals surface area contributed by atoms with E-state index in [0.29, 0.717) is 5.75 Å². The second kappa shape index (κ2) is 6.70. The topological polar surface area (TPSA) is 32.3 Å². The molecule has 84 valence electrons. The third kappa shape index (κ3) is 5.05. The van der Waals surface area contributed by atoms with E-state index in [1.54, 1.807) is 12.1 Å². The molecule has 0 saturated carbocycles. The largest absolute Gasteiger partial charge is 0.508 e. The van der Waals surface area contributed by atoms with Gasteiger partial charge in [0.2, 0.25) is 0 Å². The van der Waals surface area contributed by atoms with Crippen LogP contribution < -0.4 is 5.32 Å². The van der Waals surface area contributed by atoms with Gasteiger partial charge in [0, 0.05) is 11.9 Å². The number of phenols is 1. The van der Waals surface area contributed by atoms with Gasteiger partial charge in [-0.15, -0.1) is 11.6 Å². The Labute approximate surface area is 96.3 Å². The zero-order chi connectivity index (χ0) is 11.1. The lowest BCUT2D eigenvalue weighted by Crippen LogP contribution is -2.17. The van der Waals surface area contributed by atoms with Crippen LogP contribution in [0.25, 0.3) is 0 Å². The van der Waals surface area contributed by atoms with Crippen LogP contribution in [0.1, 0.15) is 25.3 Å². The Balaban J connectivity index is 2.20. The zero-order valence-corrected chi connectivity index (χ0v) is 9.80. The standard InChI is InChI=1S/C12H18ClNO/c1-2-11(13)6-7-14-9-10-4-3-5-12(15)8-10/h3-5,8,11,14-15H,2,6-7,9H2,1H3. The van der Waals surface area contributed by atoms with Crippen molar-refractivity contribution in [3.05, 3.63) is 29.8 Å². The average Bonchev–Trinajstić information content (AvgIpc) is 2.24. The number of aromatic hydroxyl groups is 1. The van der Waals surface area contributed by atoms with Gasteiger partial charge in [-0.1, -0.05) is 19.1 Å². The second-order valence-electron chi connectivity index (χ2n) is 3.64. The maximum absolute atomic E-state index is 9.25. The Kier molecular flexibility index (Phi) is 5.51. The normalized spacial score (nSPS) is 12.7. The lowest BCUT2D eigenvalue weighted by molar-refractivity contribution is 0.474. The van der Waals surface area contributed by atoms with Gasteiger partial charge < -0.3 is 10.4 Å². The van der Waals surface area contributed by atoms with E-state index in [1.807, 2.05) is 12.1 Å². The Morgan fingerprint density at radius 1 is 1.47 bits per heavy atom. The number of alkyl halides is 1. The quantitative estimate of drug-likeness (QED) is 0.579. The molecule has 0 aliphatic rings. The molecular formula is C12H18ClNO. The molecule has 15 heavy (non-hydrogen) atoms. The molecule has 0 aromatic heterocycles. The lowest BCUT2D eigenvalue weighted by atomic mass is 10.2. The van der Waals surface area contributed by atoms with E-state index in [1.165, 1.54) is 0 Å². The molecule has 3 heteroatoms. The first kappa shape index (κ1) is 12.3. The van der Waals surface area contributed by atoms with E-state index in [4.69, 9.17) is 11.6 Å². The minimum atomic E-state index is 0.265. The SMILES string of the molecule is CCC(Cl)CCNCc1cccc(O)c1. The highest BCUT2D eigenvalue weighted by Gasteiger charge is 2.00. The van der Waals surface area contributed by atoms with Crippen molar-refractivity contribution in [3.8, 4) is 5.75 Å². The van der Waals surface area contributed by atoms with Crippen molar-refractivity contribution < 1.29 is 5.11 Å². The van der Waals surface area contributed by atoms with Gasteiger partial charge in [0.1, 0.15) is 5.75 Å². The fraction of sp³-hybridized carbons (Fsp3) is 0.500. The van der Waals surface area contributed by atoms with E-state index in [9.17, 15) is 5.11 Å². The second-order valence-corrected chi connectivity index (χ2v) is 4.26. The highest BCUT2D eigenvalue weighted by molar-refractivity contribution is 6.20. The van der Waals surface area contributed by atoms with E-state index >= 15 is 0 Å². The van der Waals surface area contributed by atoms with Crippen LogP contribution >= 0.6 is 11.6 Å². The van der Waals surface area contributed by atoms with Crippen molar-refractivity contribution in [2.45, 2.75) is 31.7 Å². The Bertz CT molecular complexity index is 291. The summed E-state index contributed by atoms with van der Waals surface area (Å²) in [4.78, 5) is 0. The molecule has 1 aromatic rings. The molecule has 2 N–H and O–H groups in total. The van der Waals surface area contributed by atoms with E-state index in [-0.39, 0.29) is 5.38 Å². The van der Waals surface area contributed by atoms with E-state index < -0.39 is 0 Å². The maximum atomic E-state index is 9.25. The summed E-state index contributed by atoms with van der Waals surface area (Å²) in [6.07, 6.45) is 1.99. The minimum Gasteiger partial charge on any atom is -0.508 e. The van der Waals surface area contributed by atoms with Gasteiger partial charge in [-0.2, -0.15) is 0 Å². The monoisotopic (exact) mass is 227 g/mol. The molecule has 1 aromatic carbocycles. The Morgan fingerprint density at radius 2 is 2.27 bits per heavy atom. The molecule has 0 amide bonds. The first-order valence-electron chi connectivity index (χ1n) is 5.35. The number of phenolic OH excluding ortho intramolecular Hbond substituents is 1. The van der Waals surface area contributed by atoms with Gasteiger partial charge in [-0.3, -0.25) is 0 Å². The van der Waals surface area contributed by atoms with Crippen molar-refractivity contribution in [2.75, 3.05) is 6.54 Å². The molecule has 0 radical (unpaired) electrons. The molecule has 0 aliphatic heterocycles. The summed E-state index contributed by atoms with van der Waals surface area (Å²) in [5, 5.41) is 12.8. The van der Waals surface area contributed by atoms with Gasteiger partial charge in [-0.25, -0.2) is 0 Å². The van der Waals surface area contributed by atoms with Crippen molar-refractivity contribution in [1.29, 1.82) is 0 Å². The first-order chi connectivity index (χ1) is 7.22.